The van der Waals surface area contributed by atoms with Crippen LogP contribution in [0.1, 0.15) is 24.3 Å². The number of ether oxygens (including phenoxy) is 1. The Bertz CT molecular complexity index is 1360. The van der Waals surface area contributed by atoms with Gasteiger partial charge in [-0.15, -0.1) is 11.3 Å². The maximum Gasteiger partial charge on any atom is 0.183 e. The van der Waals surface area contributed by atoms with Gasteiger partial charge in [0.05, 0.1) is 23.1 Å². The summed E-state index contributed by atoms with van der Waals surface area (Å²) in [6.45, 7) is 4.87. The van der Waals surface area contributed by atoms with Gasteiger partial charge in [0.1, 0.15) is 16.9 Å². The predicted molar refractivity (Wildman–Crippen MR) is 108 cm³/mol. The summed E-state index contributed by atoms with van der Waals surface area (Å²) in [5.74, 6) is 0.668. The van der Waals surface area contributed by atoms with Gasteiger partial charge in [-0.05, 0) is 37.6 Å². The first kappa shape index (κ1) is 15.9. The lowest BCUT2D eigenvalue weighted by Crippen LogP contribution is -2.31. The van der Waals surface area contributed by atoms with Crippen LogP contribution in [0.15, 0.2) is 29.0 Å². The molecule has 0 saturated carbocycles. The highest BCUT2D eigenvalue weighted by molar-refractivity contribution is 9.10. The van der Waals surface area contributed by atoms with Crippen LogP contribution in [-0.4, -0.2) is 30.2 Å². The van der Waals surface area contributed by atoms with Crippen LogP contribution in [0.5, 0.6) is 0 Å². The van der Waals surface area contributed by atoms with Crippen LogP contribution >= 0.6 is 27.3 Å². The molecule has 0 saturated heterocycles. The number of thiophene rings is 1. The average molecular weight is 440 g/mol. The van der Waals surface area contributed by atoms with Crippen molar-refractivity contribution in [2.75, 3.05) is 0 Å². The van der Waals surface area contributed by atoms with E-state index in [1.165, 1.54) is 10.4 Å². The molecule has 0 unspecified atom stereocenters. The van der Waals surface area contributed by atoms with E-state index in [2.05, 4.69) is 39.7 Å². The number of rotatable bonds is 0. The van der Waals surface area contributed by atoms with E-state index in [0.29, 0.717) is 12.4 Å². The second-order valence-corrected chi connectivity index (χ2v) is 9.48. The van der Waals surface area contributed by atoms with Gasteiger partial charge in [0.2, 0.25) is 0 Å². The normalized spacial score (nSPS) is 16.6. The quantitative estimate of drug-likeness (QED) is 0.352. The number of aromatic nitrogens is 5. The van der Waals surface area contributed by atoms with Crippen LogP contribution in [0.4, 0.5) is 0 Å². The molecule has 3 aliphatic heterocycles. The summed E-state index contributed by atoms with van der Waals surface area (Å²) in [5, 5.41) is 6.87. The van der Waals surface area contributed by atoms with Gasteiger partial charge in [0, 0.05) is 21.2 Å². The summed E-state index contributed by atoms with van der Waals surface area (Å²) in [5.41, 5.74) is 3.59. The van der Waals surface area contributed by atoms with Crippen LogP contribution in [0.25, 0.3) is 38.3 Å². The van der Waals surface area contributed by atoms with E-state index in [1.807, 2.05) is 18.2 Å². The molecule has 2 aromatic heterocycles. The Hall–Kier alpha value is -2.16. The molecule has 0 aliphatic carbocycles. The highest BCUT2D eigenvalue weighted by Gasteiger charge is 2.31. The van der Waals surface area contributed by atoms with Gasteiger partial charge in [-0.25, -0.2) is 19.5 Å². The van der Waals surface area contributed by atoms with Gasteiger partial charge in [-0.1, -0.05) is 15.9 Å². The third-order valence-electron chi connectivity index (χ3n) is 5.06. The molecular formula is C19H14BrN5OS. The summed E-state index contributed by atoms with van der Waals surface area (Å²) >= 11 is 5.21. The largest absolute Gasteiger partial charge is 0.370 e. The van der Waals surface area contributed by atoms with Crippen LogP contribution in [-0.2, 0) is 17.8 Å². The summed E-state index contributed by atoms with van der Waals surface area (Å²) in [7, 11) is 0. The van der Waals surface area contributed by atoms with E-state index in [-0.39, 0.29) is 5.60 Å². The Kier molecular flexibility index (Phi) is 3.06. The number of benzene rings is 1. The van der Waals surface area contributed by atoms with Gasteiger partial charge in [0.15, 0.2) is 11.5 Å². The highest BCUT2D eigenvalue weighted by atomic mass is 79.9. The fourth-order valence-corrected chi connectivity index (χ4v) is 5.21. The second-order valence-electron chi connectivity index (χ2n) is 7.48. The van der Waals surface area contributed by atoms with Crippen molar-refractivity contribution in [3.05, 3.63) is 39.4 Å². The van der Waals surface area contributed by atoms with Crippen LogP contribution in [0, 0.1) is 0 Å². The molecular weight excluding hydrogens is 426 g/mol. The molecule has 0 fully saturated rings. The molecule has 0 N–H and O–H groups in total. The lowest BCUT2D eigenvalue weighted by Gasteiger charge is -2.30. The summed E-state index contributed by atoms with van der Waals surface area (Å²) in [6, 6.07) is 6.00. The Morgan fingerprint density at radius 3 is 3.04 bits per heavy atom. The number of hydrogen-bond acceptors (Lipinski definition) is 6. The van der Waals surface area contributed by atoms with E-state index < -0.39 is 0 Å². The van der Waals surface area contributed by atoms with Crippen molar-refractivity contribution in [2.45, 2.75) is 32.5 Å². The minimum absolute atomic E-state index is 0.190. The van der Waals surface area contributed by atoms with Gasteiger partial charge in [-0.2, -0.15) is 5.10 Å². The molecule has 6 nitrogen and oxygen atoms in total. The number of nitrogens with zero attached hydrogens (tertiary/aromatic N) is 5. The van der Waals surface area contributed by atoms with Crippen molar-refractivity contribution >= 4 is 54.0 Å². The summed E-state index contributed by atoms with van der Waals surface area (Å²) < 4.78 is 8.76. The van der Waals surface area contributed by atoms with Crippen LogP contribution < -0.4 is 0 Å². The molecule has 3 aromatic rings. The Labute approximate surface area is 166 Å². The van der Waals surface area contributed by atoms with Crippen molar-refractivity contribution in [1.82, 2.24) is 24.6 Å². The second kappa shape index (κ2) is 5.21. The van der Waals surface area contributed by atoms with Crippen LogP contribution in [0.2, 0.25) is 0 Å². The van der Waals surface area contributed by atoms with Gasteiger partial charge in [0.25, 0.3) is 0 Å². The van der Waals surface area contributed by atoms with Gasteiger partial charge < -0.3 is 4.74 Å². The molecule has 5 heterocycles. The lowest BCUT2D eigenvalue weighted by molar-refractivity contribution is -0.0379. The first-order valence-electron chi connectivity index (χ1n) is 8.67. The minimum Gasteiger partial charge on any atom is -0.370 e. The van der Waals surface area contributed by atoms with Crippen molar-refractivity contribution in [1.29, 1.82) is 0 Å². The van der Waals surface area contributed by atoms with Crippen molar-refractivity contribution < 1.29 is 4.74 Å². The molecule has 3 aliphatic rings. The Morgan fingerprint density at radius 1 is 1.26 bits per heavy atom. The predicted octanol–water partition coefficient (Wildman–Crippen LogP) is 4.61. The molecule has 6 rings (SSSR count). The highest BCUT2D eigenvalue weighted by Crippen LogP contribution is 2.40. The van der Waals surface area contributed by atoms with E-state index in [0.717, 1.165) is 43.4 Å². The van der Waals surface area contributed by atoms with E-state index in [9.17, 15) is 0 Å². The van der Waals surface area contributed by atoms with E-state index in [4.69, 9.17) is 14.8 Å². The van der Waals surface area contributed by atoms with Gasteiger partial charge in [-0.3, -0.25) is 0 Å². The van der Waals surface area contributed by atoms with Crippen molar-refractivity contribution in [2.24, 2.45) is 0 Å². The SMILES string of the molecule is CC1(C)Cc2c(sc3ncn4nc5c6cc(Br)ccc6nc-5nc4c23)CO1. The fourth-order valence-electron chi connectivity index (χ4n) is 3.78. The maximum atomic E-state index is 5.98. The molecule has 0 spiro atoms. The van der Waals surface area contributed by atoms with Gasteiger partial charge >= 0.3 is 0 Å². The molecule has 0 bridgehead atoms. The smallest absolute Gasteiger partial charge is 0.183 e. The molecule has 1 aromatic carbocycles. The topological polar surface area (TPSA) is 65.2 Å². The zero-order valence-corrected chi connectivity index (χ0v) is 17.1. The average Bonchev–Trinajstić information content (AvgIpc) is 3.16. The molecule has 27 heavy (non-hydrogen) atoms. The standard InChI is InChI=1S/C19H14BrN5OS/c1-19(2)6-11-13(7-26-19)27-18-14(11)17-23-16-15(24-25(17)8-21-18)10-5-9(20)3-4-12(10)22-16/h3-5,8H,6-7H2,1-2H3. The monoisotopic (exact) mass is 439 g/mol. The van der Waals surface area contributed by atoms with E-state index in [1.54, 1.807) is 22.2 Å². The molecule has 0 radical (unpaired) electrons. The Balaban J connectivity index is 1.72. The first-order valence-corrected chi connectivity index (χ1v) is 10.3. The lowest BCUT2D eigenvalue weighted by atomic mass is 9.94. The summed E-state index contributed by atoms with van der Waals surface area (Å²) in [4.78, 5) is 16.4. The molecule has 0 amide bonds. The molecule has 8 heteroatoms. The first-order chi connectivity index (χ1) is 13.0. The number of hydrogen-bond donors (Lipinski definition) is 0. The van der Waals surface area contributed by atoms with E-state index >= 15 is 0 Å². The Morgan fingerprint density at radius 2 is 2.15 bits per heavy atom. The van der Waals surface area contributed by atoms with Crippen LogP contribution in [0.3, 0.4) is 0 Å². The van der Waals surface area contributed by atoms with Crippen molar-refractivity contribution in [3.63, 3.8) is 0 Å². The fraction of sp³-hybridized carbons (Fsp3) is 0.263. The molecule has 0 atom stereocenters. The number of halogens is 1. The minimum atomic E-state index is -0.190. The third-order valence-corrected chi connectivity index (χ3v) is 6.67. The zero-order valence-electron chi connectivity index (χ0n) is 14.7. The molecule has 134 valence electrons. The van der Waals surface area contributed by atoms with Crippen molar-refractivity contribution in [3.8, 4) is 11.5 Å². The third kappa shape index (κ3) is 2.27. The number of fused-ring (bicyclic) bond motifs is 8. The zero-order chi connectivity index (χ0) is 18.3. The summed E-state index contributed by atoms with van der Waals surface area (Å²) in [6.07, 6.45) is 2.58. The maximum absolute atomic E-state index is 5.98.